The Morgan fingerprint density at radius 1 is 0.811 bits per heavy atom. The summed E-state index contributed by atoms with van der Waals surface area (Å²) in [6.07, 6.45) is 5.70. The molecule has 0 atom stereocenters. The molecule has 4 aromatic carbocycles. The zero-order chi connectivity index (χ0) is 25.4. The van der Waals surface area contributed by atoms with Crippen molar-refractivity contribution >= 4 is 44.2 Å². The smallest absolute Gasteiger partial charge is 0.126 e. The highest BCUT2D eigenvalue weighted by molar-refractivity contribution is 7.21. The Morgan fingerprint density at radius 2 is 1.62 bits per heavy atom. The van der Waals surface area contributed by atoms with Crippen LogP contribution in [-0.2, 0) is 5.41 Å². The third kappa shape index (κ3) is 4.56. The summed E-state index contributed by atoms with van der Waals surface area (Å²) in [4.78, 5) is 14.5. The minimum atomic E-state index is 0.0238. The maximum atomic E-state index is 5.16. The molecule has 6 rings (SSSR count). The van der Waals surface area contributed by atoms with E-state index < -0.39 is 0 Å². The summed E-state index contributed by atoms with van der Waals surface area (Å²) in [7, 11) is 0. The normalized spacial score (nSPS) is 12.1. The Bertz CT molecular complexity index is 1750. The maximum absolute atomic E-state index is 5.16. The van der Waals surface area contributed by atoms with Crippen molar-refractivity contribution in [3.8, 4) is 21.7 Å². The van der Waals surface area contributed by atoms with E-state index in [1.54, 1.807) is 11.3 Å². The zero-order valence-electron chi connectivity index (χ0n) is 21.1. The van der Waals surface area contributed by atoms with Gasteiger partial charge in [0.1, 0.15) is 5.01 Å². The number of para-hydroxylation sites is 1. The Hall–Kier alpha value is -4.15. The van der Waals surface area contributed by atoms with Crippen LogP contribution in [0.1, 0.15) is 31.9 Å². The van der Waals surface area contributed by atoms with Crippen molar-refractivity contribution in [2.45, 2.75) is 26.2 Å². The topological polar surface area (TPSA) is 38.1 Å². The highest BCUT2D eigenvalue weighted by atomic mass is 32.1. The van der Waals surface area contributed by atoms with Crippen molar-refractivity contribution in [2.75, 3.05) is 0 Å². The molecule has 37 heavy (non-hydrogen) atoms. The van der Waals surface area contributed by atoms with E-state index in [4.69, 9.17) is 9.98 Å². The molecule has 0 aliphatic heterocycles. The Morgan fingerprint density at radius 3 is 2.46 bits per heavy atom. The molecule has 0 bridgehead atoms. The molecule has 3 nitrogen and oxygen atoms in total. The number of nitrogens with zero attached hydrogens (tertiary/aromatic N) is 3. The number of hydrogen-bond donors (Lipinski definition) is 0. The van der Waals surface area contributed by atoms with Gasteiger partial charge in [-0.25, -0.2) is 4.98 Å². The first kappa shape index (κ1) is 23.3. The second-order valence-corrected chi connectivity index (χ2v) is 11.3. The number of aliphatic imine (C=N–C) groups is 1. The molecule has 0 fully saturated rings. The summed E-state index contributed by atoms with van der Waals surface area (Å²) in [5, 5.41) is 3.38. The molecular weight excluding hydrogens is 470 g/mol. The maximum Gasteiger partial charge on any atom is 0.126 e. The molecule has 180 valence electrons. The third-order valence-electron chi connectivity index (χ3n) is 6.63. The van der Waals surface area contributed by atoms with Crippen molar-refractivity contribution in [3.63, 3.8) is 0 Å². The molecule has 0 saturated carbocycles. The SMILES string of the molecule is CC(C)(C)c1cc(-c2cccnc2)c2nc(-c3ccccc3N=Cc3cccc4ccccc34)sc2c1. The van der Waals surface area contributed by atoms with E-state index in [2.05, 4.69) is 105 Å². The lowest BCUT2D eigenvalue weighted by molar-refractivity contribution is 0.591. The van der Waals surface area contributed by atoms with Crippen molar-refractivity contribution < 1.29 is 0 Å². The van der Waals surface area contributed by atoms with E-state index in [-0.39, 0.29) is 5.41 Å². The molecule has 0 unspecified atom stereocenters. The van der Waals surface area contributed by atoms with Gasteiger partial charge in [-0.2, -0.15) is 0 Å². The van der Waals surface area contributed by atoms with Crippen LogP contribution in [-0.4, -0.2) is 16.2 Å². The average Bonchev–Trinajstić information content (AvgIpc) is 3.36. The van der Waals surface area contributed by atoms with Gasteiger partial charge in [0, 0.05) is 40.9 Å². The van der Waals surface area contributed by atoms with Gasteiger partial charge in [-0.15, -0.1) is 11.3 Å². The molecule has 0 radical (unpaired) electrons. The predicted molar refractivity (Wildman–Crippen MR) is 158 cm³/mol. The van der Waals surface area contributed by atoms with E-state index in [0.717, 1.165) is 38.5 Å². The molecule has 0 spiro atoms. The number of aromatic nitrogens is 2. The van der Waals surface area contributed by atoms with Crippen LogP contribution in [0.4, 0.5) is 5.69 Å². The van der Waals surface area contributed by atoms with Gasteiger partial charge in [0.15, 0.2) is 0 Å². The Kier molecular flexibility index (Phi) is 5.90. The van der Waals surface area contributed by atoms with Crippen LogP contribution in [0.2, 0.25) is 0 Å². The molecule has 6 aromatic rings. The summed E-state index contributed by atoms with van der Waals surface area (Å²) in [5.74, 6) is 0. The van der Waals surface area contributed by atoms with Crippen molar-refractivity contribution in [1.29, 1.82) is 0 Å². The number of rotatable bonds is 4. The van der Waals surface area contributed by atoms with Crippen LogP contribution in [0.15, 0.2) is 108 Å². The second-order valence-electron chi connectivity index (χ2n) is 10.2. The van der Waals surface area contributed by atoms with E-state index in [1.807, 2.05) is 30.7 Å². The molecular formula is C33H27N3S. The van der Waals surface area contributed by atoms with Gasteiger partial charge >= 0.3 is 0 Å². The van der Waals surface area contributed by atoms with E-state index >= 15 is 0 Å². The molecule has 0 aliphatic rings. The van der Waals surface area contributed by atoms with Crippen LogP contribution in [0.5, 0.6) is 0 Å². The lowest BCUT2D eigenvalue weighted by atomic mass is 9.85. The molecule has 0 N–H and O–H groups in total. The summed E-state index contributed by atoms with van der Waals surface area (Å²) >= 11 is 1.72. The minimum absolute atomic E-state index is 0.0238. The summed E-state index contributed by atoms with van der Waals surface area (Å²) in [6, 6.07) is 31.6. The fraction of sp³-hybridized carbons (Fsp3) is 0.121. The van der Waals surface area contributed by atoms with Crippen molar-refractivity contribution in [1.82, 2.24) is 9.97 Å². The van der Waals surface area contributed by atoms with E-state index in [0.29, 0.717) is 0 Å². The lowest BCUT2D eigenvalue weighted by Gasteiger charge is -2.20. The van der Waals surface area contributed by atoms with Gasteiger partial charge in [-0.05, 0) is 52.1 Å². The second kappa shape index (κ2) is 9.38. The van der Waals surface area contributed by atoms with Gasteiger partial charge in [0.25, 0.3) is 0 Å². The third-order valence-corrected chi connectivity index (χ3v) is 7.67. The first-order chi connectivity index (χ1) is 18.0. The van der Waals surface area contributed by atoms with Crippen molar-refractivity contribution in [2.24, 2.45) is 4.99 Å². The van der Waals surface area contributed by atoms with Gasteiger partial charge in [0.05, 0.1) is 15.9 Å². The standard InChI is InChI=1S/C33H27N3S/c1-33(2,3)25-18-28(23-13-9-17-34-20-23)31-30(19-25)37-32(36-31)27-15-6-7-16-29(27)35-21-24-12-8-11-22-10-4-5-14-26(22)24/h4-21H,1-3H3. The number of pyridine rings is 1. The van der Waals surface area contributed by atoms with Gasteiger partial charge in [0.2, 0.25) is 0 Å². The molecule has 0 saturated heterocycles. The molecule has 0 aliphatic carbocycles. The molecule has 2 aromatic heterocycles. The van der Waals surface area contributed by atoms with Gasteiger partial charge in [-0.3, -0.25) is 9.98 Å². The van der Waals surface area contributed by atoms with Crippen LogP contribution >= 0.6 is 11.3 Å². The van der Waals surface area contributed by atoms with Gasteiger partial charge in [-0.1, -0.05) is 81.4 Å². The zero-order valence-corrected chi connectivity index (χ0v) is 22.0. The number of fused-ring (bicyclic) bond motifs is 2. The quantitative estimate of drug-likeness (QED) is 0.228. The van der Waals surface area contributed by atoms with Crippen LogP contribution in [0.3, 0.4) is 0 Å². The highest BCUT2D eigenvalue weighted by Gasteiger charge is 2.20. The fourth-order valence-electron chi connectivity index (χ4n) is 4.59. The molecule has 0 amide bonds. The van der Waals surface area contributed by atoms with Crippen LogP contribution in [0.25, 0.3) is 42.7 Å². The monoisotopic (exact) mass is 497 g/mol. The minimum Gasteiger partial charge on any atom is -0.264 e. The first-order valence-electron chi connectivity index (χ1n) is 12.4. The number of thiazole rings is 1. The first-order valence-corrected chi connectivity index (χ1v) is 13.3. The molecule has 2 heterocycles. The fourth-order valence-corrected chi connectivity index (χ4v) is 5.66. The summed E-state index contributed by atoms with van der Waals surface area (Å²) < 4.78 is 1.18. The largest absolute Gasteiger partial charge is 0.264 e. The summed E-state index contributed by atoms with van der Waals surface area (Å²) in [6.45, 7) is 6.75. The molecule has 4 heteroatoms. The highest BCUT2D eigenvalue weighted by Crippen LogP contribution is 2.41. The number of benzene rings is 4. The van der Waals surface area contributed by atoms with E-state index in [1.165, 1.54) is 21.0 Å². The Labute approximate surface area is 221 Å². The van der Waals surface area contributed by atoms with E-state index in [9.17, 15) is 0 Å². The Balaban J connectivity index is 1.48. The van der Waals surface area contributed by atoms with Gasteiger partial charge < -0.3 is 0 Å². The van der Waals surface area contributed by atoms with Crippen LogP contribution < -0.4 is 0 Å². The lowest BCUT2D eigenvalue weighted by Crippen LogP contribution is -2.11. The predicted octanol–water partition coefficient (Wildman–Crippen LogP) is 9.23. The van der Waals surface area contributed by atoms with Crippen molar-refractivity contribution in [3.05, 3.63) is 115 Å². The average molecular weight is 498 g/mol. The van der Waals surface area contributed by atoms with Crippen LogP contribution in [0, 0.1) is 0 Å². The number of hydrogen-bond acceptors (Lipinski definition) is 4. The summed E-state index contributed by atoms with van der Waals surface area (Å²) in [5.41, 5.74) is 7.57.